The van der Waals surface area contributed by atoms with Crippen molar-refractivity contribution in [3.8, 4) is 0 Å². The largest absolute Gasteiger partial charge is 0.445 e. The van der Waals surface area contributed by atoms with E-state index in [0.717, 1.165) is 12.0 Å². The van der Waals surface area contributed by atoms with Crippen LogP contribution in [0.4, 0.5) is 0 Å². The van der Waals surface area contributed by atoms with Crippen LogP contribution in [0, 0.1) is 6.92 Å². The second kappa shape index (κ2) is 6.17. The van der Waals surface area contributed by atoms with E-state index in [-0.39, 0.29) is 11.4 Å². The number of rotatable bonds is 6. The van der Waals surface area contributed by atoms with Gasteiger partial charge in [0.2, 0.25) is 15.9 Å². The second-order valence-corrected chi connectivity index (χ2v) is 6.14. The van der Waals surface area contributed by atoms with Gasteiger partial charge in [-0.25, -0.2) is 18.1 Å². The lowest BCUT2D eigenvalue weighted by molar-refractivity contribution is 0.463. The zero-order chi connectivity index (χ0) is 14.6. The molecule has 0 saturated heterocycles. The van der Waals surface area contributed by atoms with Crippen LogP contribution in [0.25, 0.3) is 0 Å². The summed E-state index contributed by atoms with van der Waals surface area (Å²) in [5.41, 5.74) is 6.46. The number of aryl methyl sites for hydroxylation is 1. The third kappa shape index (κ3) is 3.66. The van der Waals surface area contributed by atoms with Crippen molar-refractivity contribution in [3.05, 3.63) is 47.7 Å². The molecule has 6 nitrogen and oxygen atoms in total. The van der Waals surface area contributed by atoms with E-state index in [1.807, 2.05) is 0 Å². The van der Waals surface area contributed by atoms with Crippen LogP contribution in [-0.2, 0) is 23.0 Å². The third-order valence-corrected chi connectivity index (χ3v) is 4.17. The van der Waals surface area contributed by atoms with Crippen molar-refractivity contribution >= 4 is 10.0 Å². The average molecular weight is 295 g/mol. The first-order valence-electron chi connectivity index (χ1n) is 6.21. The Kier molecular flexibility index (Phi) is 4.53. The first-order chi connectivity index (χ1) is 9.51. The minimum Gasteiger partial charge on any atom is -0.445 e. The van der Waals surface area contributed by atoms with Crippen LogP contribution in [0.5, 0.6) is 0 Å². The van der Waals surface area contributed by atoms with Gasteiger partial charge >= 0.3 is 0 Å². The van der Waals surface area contributed by atoms with Gasteiger partial charge in [0.25, 0.3) is 0 Å². The summed E-state index contributed by atoms with van der Waals surface area (Å²) in [6.07, 6.45) is 2.27. The molecule has 7 heteroatoms. The van der Waals surface area contributed by atoms with E-state index in [9.17, 15) is 8.42 Å². The lowest BCUT2D eigenvalue weighted by Gasteiger charge is -2.06. The van der Waals surface area contributed by atoms with Crippen LogP contribution in [0.3, 0.4) is 0 Å². The maximum Gasteiger partial charge on any atom is 0.241 e. The Morgan fingerprint density at radius 3 is 2.55 bits per heavy atom. The van der Waals surface area contributed by atoms with Gasteiger partial charge in [-0.1, -0.05) is 12.1 Å². The number of aromatic nitrogens is 1. The Morgan fingerprint density at radius 2 is 2.00 bits per heavy atom. The van der Waals surface area contributed by atoms with Gasteiger partial charge in [-0.3, -0.25) is 0 Å². The maximum absolute atomic E-state index is 12.1. The first-order valence-corrected chi connectivity index (χ1v) is 7.69. The normalized spacial score (nSPS) is 11.7. The summed E-state index contributed by atoms with van der Waals surface area (Å²) in [5, 5.41) is 0. The van der Waals surface area contributed by atoms with Gasteiger partial charge in [-0.05, 0) is 37.6 Å². The van der Waals surface area contributed by atoms with Crippen molar-refractivity contribution in [2.75, 3.05) is 6.54 Å². The monoisotopic (exact) mass is 295 g/mol. The smallest absolute Gasteiger partial charge is 0.241 e. The van der Waals surface area contributed by atoms with Gasteiger partial charge < -0.3 is 10.2 Å². The number of sulfonamides is 1. The van der Waals surface area contributed by atoms with Crippen LogP contribution < -0.4 is 10.5 Å². The molecule has 0 aliphatic heterocycles. The lowest BCUT2D eigenvalue weighted by Crippen LogP contribution is -2.23. The molecule has 20 heavy (non-hydrogen) atoms. The Balaban J connectivity index is 2.05. The topological polar surface area (TPSA) is 98.2 Å². The third-order valence-electron chi connectivity index (χ3n) is 2.75. The van der Waals surface area contributed by atoms with E-state index < -0.39 is 10.0 Å². The van der Waals surface area contributed by atoms with Crippen LogP contribution in [0.1, 0.15) is 17.2 Å². The molecule has 0 radical (unpaired) electrons. The van der Waals surface area contributed by atoms with E-state index in [1.54, 1.807) is 37.4 Å². The maximum atomic E-state index is 12.1. The molecule has 0 amide bonds. The lowest BCUT2D eigenvalue weighted by atomic mass is 10.2. The second-order valence-electron chi connectivity index (χ2n) is 4.37. The molecule has 2 aromatic rings. The van der Waals surface area contributed by atoms with Gasteiger partial charge in [0.15, 0.2) is 0 Å². The SMILES string of the molecule is Cc1cnc(CNS(=O)(=O)c2ccc(CCN)cc2)o1. The van der Waals surface area contributed by atoms with Crippen molar-refractivity contribution in [1.82, 2.24) is 9.71 Å². The highest BCUT2D eigenvalue weighted by molar-refractivity contribution is 7.89. The predicted octanol–water partition coefficient (Wildman–Crippen LogP) is 0.963. The van der Waals surface area contributed by atoms with Crippen LogP contribution >= 0.6 is 0 Å². The summed E-state index contributed by atoms with van der Waals surface area (Å²) < 4.78 is 31.8. The van der Waals surface area contributed by atoms with E-state index >= 15 is 0 Å². The molecule has 0 saturated carbocycles. The molecule has 1 aromatic carbocycles. The molecule has 1 heterocycles. The molecule has 0 aliphatic rings. The first kappa shape index (κ1) is 14.7. The van der Waals surface area contributed by atoms with Crippen LogP contribution in [0.2, 0.25) is 0 Å². The molecule has 0 bridgehead atoms. The van der Waals surface area contributed by atoms with Crippen LogP contribution in [-0.4, -0.2) is 19.9 Å². The highest BCUT2D eigenvalue weighted by Crippen LogP contribution is 2.11. The summed E-state index contributed by atoms with van der Waals surface area (Å²) in [4.78, 5) is 4.15. The molecule has 3 N–H and O–H groups in total. The molecule has 2 rings (SSSR count). The van der Waals surface area contributed by atoms with Gasteiger partial charge in [-0.15, -0.1) is 0 Å². The quantitative estimate of drug-likeness (QED) is 0.827. The molecular formula is C13H17N3O3S. The number of nitrogens with zero attached hydrogens (tertiary/aromatic N) is 1. The van der Waals surface area contributed by atoms with Crippen molar-refractivity contribution in [2.24, 2.45) is 5.73 Å². The number of oxazole rings is 1. The summed E-state index contributed by atoms with van der Waals surface area (Å²) >= 11 is 0. The summed E-state index contributed by atoms with van der Waals surface area (Å²) in [6, 6.07) is 6.65. The molecule has 0 fully saturated rings. The predicted molar refractivity (Wildman–Crippen MR) is 74.5 cm³/mol. The molecule has 1 aromatic heterocycles. The summed E-state index contributed by atoms with van der Waals surface area (Å²) in [5.74, 6) is 0.983. The Hall–Kier alpha value is -1.70. The highest BCUT2D eigenvalue weighted by Gasteiger charge is 2.14. The fourth-order valence-electron chi connectivity index (χ4n) is 1.73. The fraction of sp³-hybridized carbons (Fsp3) is 0.308. The number of hydrogen-bond acceptors (Lipinski definition) is 5. The van der Waals surface area contributed by atoms with Gasteiger partial charge in [-0.2, -0.15) is 0 Å². The highest BCUT2D eigenvalue weighted by atomic mass is 32.2. The zero-order valence-electron chi connectivity index (χ0n) is 11.2. The molecule has 108 valence electrons. The molecule has 0 spiro atoms. The average Bonchev–Trinajstić information content (AvgIpc) is 2.84. The Bertz CT molecular complexity index is 662. The summed E-state index contributed by atoms with van der Waals surface area (Å²) in [7, 11) is -3.56. The number of benzene rings is 1. The van der Waals surface area contributed by atoms with Crippen molar-refractivity contribution in [1.29, 1.82) is 0 Å². The minimum absolute atomic E-state index is 0.0285. The number of hydrogen-bond donors (Lipinski definition) is 2. The Labute approximate surface area is 118 Å². The number of nitrogens with two attached hydrogens (primary N) is 1. The fourth-order valence-corrected chi connectivity index (χ4v) is 2.70. The minimum atomic E-state index is -3.56. The molecule has 0 aliphatic carbocycles. The van der Waals surface area contributed by atoms with Crippen molar-refractivity contribution < 1.29 is 12.8 Å². The van der Waals surface area contributed by atoms with E-state index in [2.05, 4.69) is 9.71 Å². The van der Waals surface area contributed by atoms with E-state index in [1.165, 1.54) is 0 Å². The molecular weight excluding hydrogens is 278 g/mol. The van der Waals surface area contributed by atoms with Gasteiger partial charge in [0, 0.05) is 0 Å². The van der Waals surface area contributed by atoms with Crippen molar-refractivity contribution in [3.63, 3.8) is 0 Å². The molecule has 0 unspecified atom stereocenters. The standard InChI is InChI=1S/C13H17N3O3S/c1-10-8-15-13(19-10)9-16-20(17,18)12-4-2-11(3-5-12)6-7-14/h2-5,8,16H,6-7,9,14H2,1H3. The zero-order valence-corrected chi connectivity index (χ0v) is 12.0. The Morgan fingerprint density at radius 1 is 1.30 bits per heavy atom. The van der Waals surface area contributed by atoms with E-state index in [0.29, 0.717) is 18.2 Å². The van der Waals surface area contributed by atoms with Crippen LogP contribution in [0.15, 0.2) is 39.8 Å². The van der Waals surface area contributed by atoms with Gasteiger partial charge in [0.05, 0.1) is 17.6 Å². The molecule has 0 atom stereocenters. The summed E-state index contributed by atoms with van der Waals surface area (Å²) in [6.45, 7) is 2.32. The van der Waals surface area contributed by atoms with Gasteiger partial charge in [0.1, 0.15) is 5.76 Å². The number of nitrogens with one attached hydrogen (secondary N) is 1. The van der Waals surface area contributed by atoms with E-state index in [4.69, 9.17) is 10.2 Å². The van der Waals surface area contributed by atoms with Crippen molar-refractivity contribution in [2.45, 2.75) is 24.8 Å².